The van der Waals surface area contributed by atoms with Crippen LogP contribution in [-0.4, -0.2) is 48.3 Å². The highest BCUT2D eigenvalue weighted by atomic mass is 16.5. The standard InChI is InChI=1S/C15H24N2O4/c1-15(2,3)13-10(6-12(21-13)14(16)19)7-17-4-5-20-9-11(17)8-18/h6,11,18H,4-5,7-9H2,1-3H3,(H2,16,19)/t11-/m1/s1. The predicted molar refractivity (Wildman–Crippen MR) is 78.0 cm³/mol. The Bertz CT molecular complexity index is 504. The third-order valence-electron chi connectivity index (χ3n) is 3.67. The van der Waals surface area contributed by atoms with Crippen LogP contribution in [0, 0.1) is 0 Å². The number of hydrogen-bond donors (Lipinski definition) is 2. The molecule has 1 aromatic heterocycles. The number of carbonyl (C=O) groups excluding carboxylic acids is 1. The van der Waals surface area contributed by atoms with E-state index in [4.69, 9.17) is 14.9 Å². The Morgan fingerprint density at radius 2 is 2.24 bits per heavy atom. The monoisotopic (exact) mass is 296 g/mol. The summed E-state index contributed by atoms with van der Waals surface area (Å²) < 4.78 is 11.0. The van der Waals surface area contributed by atoms with Crippen LogP contribution in [0.5, 0.6) is 0 Å². The maximum Gasteiger partial charge on any atom is 0.284 e. The molecule has 1 aromatic rings. The molecule has 0 bridgehead atoms. The lowest BCUT2D eigenvalue weighted by Crippen LogP contribution is -2.47. The van der Waals surface area contributed by atoms with Gasteiger partial charge in [-0.15, -0.1) is 0 Å². The topological polar surface area (TPSA) is 88.9 Å². The Morgan fingerprint density at radius 1 is 1.52 bits per heavy atom. The number of hydrogen-bond acceptors (Lipinski definition) is 5. The first kappa shape index (κ1) is 16.0. The summed E-state index contributed by atoms with van der Waals surface area (Å²) in [4.78, 5) is 13.5. The number of aliphatic hydroxyl groups excluding tert-OH is 1. The van der Waals surface area contributed by atoms with Crippen molar-refractivity contribution in [2.75, 3.05) is 26.4 Å². The normalized spacial score (nSPS) is 20.7. The van der Waals surface area contributed by atoms with E-state index in [0.717, 1.165) is 17.9 Å². The molecule has 0 spiro atoms. The van der Waals surface area contributed by atoms with Crippen molar-refractivity contribution in [1.29, 1.82) is 0 Å². The maximum atomic E-state index is 11.4. The van der Waals surface area contributed by atoms with Crippen molar-refractivity contribution < 1.29 is 19.1 Å². The molecule has 0 aliphatic carbocycles. The van der Waals surface area contributed by atoms with E-state index < -0.39 is 5.91 Å². The molecular formula is C15H24N2O4. The largest absolute Gasteiger partial charge is 0.455 e. The van der Waals surface area contributed by atoms with Gasteiger partial charge in [0.15, 0.2) is 5.76 Å². The molecule has 0 radical (unpaired) electrons. The van der Waals surface area contributed by atoms with Crippen molar-refractivity contribution in [2.45, 2.75) is 38.8 Å². The average molecular weight is 296 g/mol. The second-order valence-electron chi connectivity index (χ2n) is 6.46. The quantitative estimate of drug-likeness (QED) is 0.860. The Hall–Kier alpha value is -1.37. The van der Waals surface area contributed by atoms with Crippen molar-refractivity contribution in [2.24, 2.45) is 5.73 Å². The Balaban J connectivity index is 2.27. The zero-order valence-corrected chi connectivity index (χ0v) is 12.9. The lowest BCUT2D eigenvalue weighted by Gasteiger charge is -2.34. The molecule has 6 heteroatoms. The second-order valence-corrected chi connectivity index (χ2v) is 6.46. The van der Waals surface area contributed by atoms with E-state index in [1.165, 1.54) is 0 Å². The smallest absolute Gasteiger partial charge is 0.284 e. The Labute approximate surface area is 124 Å². The van der Waals surface area contributed by atoms with Crippen molar-refractivity contribution in [1.82, 2.24) is 4.90 Å². The first-order chi connectivity index (χ1) is 9.82. The molecule has 1 amide bonds. The summed E-state index contributed by atoms with van der Waals surface area (Å²) >= 11 is 0. The number of primary amides is 1. The van der Waals surface area contributed by atoms with Crippen LogP contribution < -0.4 is 5.73 Å². The number of ether oxygens (including phenoxy) is 1. The predicted octanol–water partition coefficient (Wildman–Crippen LogP) is 0.869. The fourth-order valence-electron chi connectivity index (χ4n) is 2.59. The van der Waals surface area contributed by atoms with Crippen LogP contribution in [0.2, 0.25) is 0 Å². The highest BCUT2D eigenvalue weighted by Crippen LogP contribution is 2.30. The van der Waals surface area contributed by atoms with Crippen molar-refractivity contribution in [3.05, 3.63) is 23.2 Å². The first-order valence-electron chi connectivity index (χ1n) is 7.18. The average Bonchev–Trinajstić information content (AvgIpc) is 2.83. The molecule has 6 nitrogen and oxygen atoms in total. The molecule has 1 aliphatic heterocycles. The zero-order valence-electron chi connectivity index (χ0n) is 12.9. The fourth-order valence-corrected chi connectivity index (χ4v) is 2.59. The number of carbonyl (C=O) groups is 1. The van der Waals surface area contributed by atoms with Crippen LogP contribution in [-0.2, 0) is 16.7 Å². The van der Waals surface area contributed by atoms with Gasteiger partial charge in [0.2, 0.25) is 0 Å². The van der Waals surface area contributed by atoms with Gasteiger partial charge in [-0.2, -0.15) is 0 Å². The summed E-state index contributed by atoms with van der Waals surface area (Å²) in [5, 5.41) is 9.44. The summed E-state index contributed by atoms with van der Waals surface area (Å²) in [5.41, 5.74) is 6.04. The number of rotatable bonds is 4. The van der Waals surface area contributed by atoms with Crippen LogP contribution >= 0.6 is 0 Å². The van der Waals surface area contributed by atoms with Gasteiger partial charge >= 0.3 is 0 Å². The van der Waals surface area contributed by atoms with Crippen LogP contribution in [0.1, 0.15) is 42.6 Å². The van der Waals surface area contributed by atoms with Gasteiger partial charge in [-0.1, -0.05) is 20.8 Å². The van der Waals surface area contributed by atoms with Crippen molar-refractivity contribution >= 4 is 5.91 Å². The molecule has 21 heavy (non-hydrogen) atoms. The van der Waals surface area contributed by atoms with Crippen LogP contribution in [0.25, 0.3) is 0 Å². The zero-order chi connectivity index (χ0) is 15.6. The van der Waals surface area contributed by atoms with Gasteiger partial charge in [-0.3, -0.25) is 9.69 Å². The Kier molecular flexibility index (Phi) is 4.70. The summed E-state index contributed by atoms with van der Waals surface area (Å²) in [6, 6.07) is 1.69. The third-order valence-corrected chi connectivity index (χ3v) is 3.67. The van der Waals surface area contributed by atoms with Crippen molar-refractivity contribution in [3.8, 4) is 0 Å². The highest BCUT2D eigenvalue weighted by molar-refractivity contribution is 5.90. The molecule has 0 unspecified atom stereocenters. The molecule has 1 fully saturated rings. The van der Waals surface area contributed by atoms with E-state index in [1.54, 1.807) is 6.07 Å². The van der Waals surface area contributed by atoms with E-state index >= 15 is 0 Å². The van der Waals surface area contributed by atoms with E-state index in [-0.39, 0.29) is 23.8 Å². The van der Waals surface area contributed by atoms with E-state index in [2.05, 4.69) is 4.90 Å². The minimum absolute atomic E-state index is 0.0292. The number of amides is 1. The van der Waals surface area contributed by atoms with Gasteiger partial charge in [0.25, 0.3) is 5.91 Å². The van der Waals surface area contributed by atoms with Crippen LogP contribution in [0.15, 0.2) is 10.5 Å². The van der Waals surface area contributed by atoms with Crippen LogP contribution in [0.3, 0.4) is 0 Å². The van der Waals surface area contributed by atoms with Crippen molar-refractivity contribution in [3.63, 3.8) is 0 Å². The minimum atomic E-state index is -0.563. The van der Waals surface area contributed by atoms with Gasteiger partial charge in [0.05, 0.1) is 25.9 Å². The molecule has 1 aliphatic rings. The number of morpholine rings is 1. The lowest BCUT2D eigenvalue weighted by atomic mass is 9.90. The number of aliphatic hydroxyl groups is 1. The third kappa shape index (κ3) is 3.64. The molecular weight excluding hydrogens is 272 g/mol. The molecule has 3 N–H and O–H groups in total. The van der Waals surface area contributed by atoms with Gasteiger partial charge in [-0.25, -0.2) is 0 Å². The first-order valence-corrected chi connectivity index (χ1v) is 7.18. The van der Waals surface area contributed by atoms with Gasteiger partial charge < -0.3 is 20.0 Å². The second kappa shape index (κ2) is 6.17. The summed E-state index contributed by atoms with van der Waals surface area (Å²) in [7, 11) is 0. The van der Waals surface area contributed by atoms with Gasteiger partial charge in [0.1, 0.15) is 5.76 Å². The number of nitrogens with zero attached hydrogens (tertiary/aromatic N) is 1. The molecule has 2 rings (SSSR count). The molecule has 0 aromatic carbocycles. The fraction of sp³-hybridized carbons (Fsp3) is 0.667. The van der Waals surface area contributed by atoms with E-state index in [0.29, 0.717) is 19.8 Å². The Morgan fingerprint density at radius 3 is 2.81 bits per heavy atom. The molecule has 0 saturated carbocycles. The van der Waals surface area contributed by atoms with Gasteiger partial charge in [-0.05, 0) is 6.07 Å². The summed E-state index contributed by atoms with van der Waals surface area (Å²) in [6.07, 6.45) is 0. The number of nitrogens with two attached hydrogens (primary N) is 1. The maximum absolute atomic E-state index is 11.4. The minimum Gasteiger partial charge on any atom is -0.455 e. The van der Waals surface area contributed by atoms with E-state index in [9.17, 15) is 9.90 Å². The van der Waals surface area contributed by atoms with E-state index in [1.807, 2.05) is 20.8 Å². The molecule has 1 saturated heterocycles. The SMILES string of the molecule is CC(C)(C)c1oc(C(N)=O)cc1CN1CCOC[C@H]1CO. The van der Waals surface area contributed by atoms with Crippen LogP contribution in [0.4, 0.5) is 0 Å². The number of furan rings is 1. The summed E-state index contributed by atoms with van der Waals surface area (Å²) in [6.45, 7) is 8.65. The summed E-state index contributed by atoms with van der Waals surface area (Å²) in [5.74, 6) is 0.385. The molecule has 2 heterocycles. The highest BCUT2D eigenvalue weighted by Gasteiger charge is 2.29. The molecule has 1 atom stereocenters. The molecule has 118 valence electrons. The lowest BCUT2D eigenvalue weighted by molar-refractivity contribution is -0.0315. The van der Waals surface area contributed by atoms with Gasteiger partial charge in [0, 0.05) is 24.1 Å².